The minimum absolute atomic E-state index is 0. The van der Waals surface area contributed by atoms with Crippen LogP contribution in [-0.4, -0.2) is 82.0 Å². The summed E-state index contributed by atoms with van der Waals surface area (Å²) in [5, 5.41) is 41.8. The topological polar surface area (TPSA) is 362 Å². The second kappa shape index (κ2) is 75.8. The van der Waals surface area contributed by atoms with E-state index in [0.29, 0.717) is 0 Å². The summed E-state index contributed by atoms with van der Waals surface area (Å²) in [6.45, 7) is 0. The Morgan fingerprint density at radius 3 is 0.400 bits per heavy atom. The first-order valence-electron chi connectivity index (χ1n) is 1.95. The van der Waals surface area contributed by atoms with Crippen LogP contribution in [0.1, 0.15) is 0 Å². The minimum Gasteiger partial charge on any atom is -0.450 e. The molecule has 0 aromatic rings. The Morgan fingerprint density at radius 1 is 0.400 bits per heavy atom. The van der Waals surface area contributed by atoms with Gasteiger partial charge in [-0.3, -0.25) is 0 Å². The number of hydrogen-bond acceptors (Lipinski definition) is 3. The maximum atomic E-state index is 8.56. The fraction of sp³-hybridized carbons (Fsp3) is 0. The summed E-state index contributed by atoms with van der Waals surface area (Å²) in [4.78, 5) is 25.7. The molecule has 17 heteroatoms. The van der Waals surface area contributed by atoms with Crippen molar-refractivity contribution in [3.05, 3.63) is 0 Å². The summed E-state index contributed by atoms with van der Waals surface area (Å²) in [5.41, 5.74) is 0. The molecule has 15 nitrogen and oxygen atoms in total. The van der Waals surface area contributed by atoms with Crippen molar-refractivity contribution >= 4 is 18.5 Å². The van der Waals surface area contributed by atoms with Crippen molar-refractivity contribution in [3.8, 4) is 0 Å². The molecule has 0 unspecified atom stereocenters. The van der Waals surface area contributed by atoms with E-state index in [1.165, 1.54) is 0 Å². The van der Waals surface area contributed by atoms with Gasteiger partial charge in [-0.25, -0.2) is 14.4 Å². The molecule has 18 N–H and O–H groups in total. The first-order valence-corrected chi connectivity index (χ1v) is 1.95. The van der Waals surface area contributed by atoms with Gasteiger partial charge in [0.25, 0.3) is 0 Å². The molecule has 150 valence electrons. The summed E-state index contributed by atoms with van der Waals surface area (Å²) in [6.07, 6.45) is -5.50. The van der Waals surface area contributed by atoms with E-state index in [0.717, 1.165) is 0 Å². The fourth-order valence-electron chi connectivity index (χ4n) is 0. The minimum atomic E-state index is -1.83. The van der Waals surface area contributed by atoms with Crippen molar-refractivity contribution in [1.29, 1.82) is 0 Å². The van der Waals surface area contributed by atoms with Crippen molar-refractivity contribution in [2.24, 2.45) is 0 Å². The van der Waals surface area contributed by atoms with Crippen LogP contribution in [-0.2, 0) is 0 Å². The third-order valence-corrected chi connectivity index (χ3v) is 0. The van der Waals surface area contributed by atoms with Crippen molar-refractivity contribution < 1.29 is 152 Å². The molecule has 0 bridgehead atoms. The Bertz CT molecular complexity index is 119. The number of hydrogen-bond donors (Lipinski definition) is 6. The van der Waals surface area contributed by atoms with E-state index in [1.54, 1.807) is 0 Å². The van der Waals surface area contributed by atoms with Crippen LogP contribution in [0, 0.1) is 73.7 Å². The Labute approximate surface area is 168 Å². The molecule has 0 aliphatic heterocycles. The molecule has 0 aliphatic carbocycles. The molecule has 0 heterocycles. The Hall–Kier alpha value is 0.0375. The van der Waals surface area contributed by atoms with Gasteiger partial charge in [-0.15, -0.1) is 0 Å². The SMILES string of the molecule is O.O.O.O.O.O.O=C(O)O.O=C(O)O.O=C(O)O.[Lu].[Lu]. The van der Waals surface area contributed by atoms with E-state index in [2.05, 4.69) is 0 Å². The largest absolute Gasteiger partial charge is 0.503 e. The molecule has 0 saturated carbocycles. The first-order chi connectivity index (χ1) is 5.20. The maximum Gasteiger partial charge on any atom is 0.503 e. The van der Waals surface area contributed by atoms with Crippen LogP contribution in [0.2, 0.25) is 0 Å². The quantitative estimate of drug-likeness (QED) is 0.148. The third-order valence-electron chi connectivity index (χ3n) is 0. The average molecular weight is 644 g/mol. The van der Waals surface area contributed by atoms with Gasteiger partial charge in [0, 0.05) is 73.7 Å². The Kier molecular flexibility index (Phi) is 337. The van der Waals surface area contributed by atoms with Gasteiger partial charge in [-0.2, -0.15) is 0 Å². The molecular weight excluding hydrogens is 626 g/mol. The second-order valence-electron chi connectivity index (χ2n) is 0.848. The fourth-order valence-corrected chi connectivity index (χ4v) is 0. The predicted molar refractivity (Wildman–Crippen MR) is 53.6 cm³/mol. The Morgan fingerprint density at radius 2 is 0.400 bits per heavy atom. The van der Waals surface area contributed by atoms with E-state index in [1.807, 2.05) is 0 Å². The summed E-state index contributed by atoms with van der Waals surface area (Å²) in [5.74, 6) is 0. The monoisotopic (exact) mass is 644 g/mol. The normalized spacial score (nSPS) is 3.60. The average Bonchev–Trinajstić information content (AvgIpc) is 1.54. The van der Waals surface area contributed by atoms with Crippen molar-refractivity contribution in [1.82, 2.24) is 0 Å². The van der Waals surface area contributed by atoms with E-state index in [4.69, 9.17) is 45.0 Å². The number of rotatable bonds is 0. The molecule has 0 saturated heterocycles. The number of carbonyl (C=O) groups is 3. The molecule has 0 fully saturated rings. The van der Waals surface area contributed by atoms with E-state index in [9.17, 15) is 0 Å². The third kappa shape index (κ3) is 3720000. The van der Waals surface area contributed by atoms with Crippen molar-refractivity contribution in [2.75, 3.05) is 0 Å². The number of carboxylic acid groups (broad SMARTS) is 6. The van der Waals surface area contributed by atoms with E-state index < -0.39 is 18.5 Å². The van der Waals surface area contributed by atoms with E-state index >= 15 is 0 Å². The summed E-state index contributed by atoms with van der Waals surface area (Å²) in [6, 6.07) is 0. The van der Waals surface area contributed by atoms with Gasteiger partial charge in [0.05, 0.1) is 0 Å². The van der Waals surface area contributed by atoms with Gasteiger partial charge in [0.1, 0.15) is 0 Å². The zero-order valence-electron chi connectivity index (χ0n) is 8.92. The van der Waals surface area contributed by atoms with Crippen LogP contribution >= 0.6 is 0 Å². The molecule has 0 rings (SSSR count). The smallest absolute Gasteiger partial charge is 0.450 e. The van der Waals surface area contributed by atoms with Crippen LogP contribution in [0.25, 0.3) is 0 Å². The summed E-state index contributed by atoms with van der Waals surface area (Å²) < 4.78 is 0. The van der Waals surface area contributed by atoms with Crippen molar-refractivity contribution in [2.45, 2.75) is 0 Å². The standard InChI is InChI=1S/3CH2O3.2Lu.6H2O/c3*2-1(3)4;;;;;;;;/h3*(H2,2,3,4);;;6*1H2. The zero-order chi connectivity index (χ0) is 10.7. The van der Waals surface area contributed by atoms with Gasteiger partial charge in [0.2, 0.25) is 0 Å². The predicted octanol–water partition coefficient (Wildman–Crippen LogP) is -4.28. The van der Waals surface area contributed by atoms with Crippen LogP contribution in [0.15, 0.2) is 0 Å². The molecular formula is C3H18Lu2O15. The van der Waals surface area contributed by atoms with Gasteiger partial charge >= 0.3 is 18.5 Å². The van der Waals surface area contributed by atoms with Gasteiger partial charge < -0.3 is 63.5 Å². The van der Waals surface area contributed by atoms with Gasteiger partial charge in [0.15, 0.2) is 0 Å². The Balaban J connectivity index is -0.00000000562. The molecule has 0 atom stereocenters. The molecule has 0 amide bonds. The molecule has 20 heavy (non-hydrogen) atoms. The van der Waals surface area contributed by atoms with Crippen LogP contribution in [0.3, 0.4) is 0 Å². The van der Waals surface area contributed by atoms with Crippen molar-refractivity contribution in [3.63, 3.8) is 0 Å². The molecule has 0 aromatic heterocycles. The first kappa shape index (κ1) is 88.9. The maximum absolute atomic E-state index is 8.56. The van der Waals surface area contributed by atoms with E-state index in [-0.39, 0.29) is 107 Å². The molecule has 0 aliphatic rings. The zero-order valence-corrected chi connectivity index (χ0v) is 12.2. The second-order valence-corrected chi connectivity index (χ2v) is 0.848. The molecule has 2 radical (unpaired) electrons. The molecule has 0 spiro atoms. The van der Waals surface area contributed by atoms with Gasteiger partial charge in [-0.1, -0.05) is 0 Å². The van der Waals surface area contributed by atoms with Crippen LogP contribution in [0.5, 0.6) is 0 Å². The van der Waals surface area contributed by atoms with Crippen LogP contribution < -0.4 is 0 Å². The molecule has 0 aromatic carbocycles. The van der Waals surface area contributed by atoms with Crippen LogP contribution in [0.4, 0.5) is 14.4 Å². The summed E-state index contributed by atoms with van der Waals surface area (Å²) >= 11 is 0. The summed E-state index contributed by atoms with van der Waals surface area (Å²) in [7, 11) is 0. The van der Waals surface area contributed by atoms with Gasteiger partial charge in [-0.05, 0) is 0 Å².